The van der Waals surface area contributed by atoms with Crippen LogP contribution >= 0.6 is 22.9 Å². The largest absolute Gasteiger partial charge is 0.302 e. The van der Waals surface area contributed by atoms with Gasteiger partial charge in [-0.15, -0.1) is 11.3 Å². The first-order valence-electron chi connectivity index (χ1n) is 6.71. The van der Waals surface area contributed by atoms with Gasteiger partial charge < -0.3 is 5.32 Å². The highest BCUT2D eigenvalue weighted by molar-refractivity contribution is 7.13. The fourth-order valence-electron chi connectivity index (χ4n) is 2.04. The number of halogens is 1. The summed E-state index contributed by atoms with van der Waals surface area (Å²) >= 11 is 7.57. The van der Waals surface area contributed by atoms with Gasteiger partial charge in [-0.05, 0) is 30.9 Å². The van der Waals surface area contributed by atoms with Crippen molar-refractivity contribution in [3.05, 3.63) is 45.9 Å². The van der Waals surface area contributed by atoms with Gasteiger partial charge in [0.2, 0.25) is 5.91 Å². The van der Waals surface area contributed by atoms with Gasteiger partial charge in [0, 0.05) is 22.7 Å². The van der Waals surface area contributed by atoms with E-state index in [1.165, 1.54) is 24.2 Å². The van der Waals surface area contributed by atoms with Crippen LogP contribution in [-0.2, 0) is 11.2 Å². The van der Waals surface area contributed by atoms with E-state index in [4.69, 9.17) is 11.6 Å². The number of hydrogen-bond acceptors (Lipinski definition) is 3. The second-order valence-electron chi connectivity index (χ2n) is 4.99. The van der Waals surface area contributed by atoms with Gasteiger partial charge in [0.15, 0.2) is 5.13 Å². The minimum Gasteiger partial charge on any atom is -0.302 e. The number of anilines is 1. The van der Waals surface area contributed by atoms with Gasteiger partial charge in [0.25, 0.3) is 0 Å². The molecular weight excluding hydrogens is 292 g/mol. The number of amides is 1. The van der Waals surface area contributed by atoms with E-state index in [2.05, 4.69) is 10.3 Å². The Morgan fingerprint density at radius 3 is 2.95 bits per heavy atom. The van der Waals surface area contributed by atoms with Gasteiger partial charge in [0.05, 0.1) is 5.69 Å². The Morgan fingerprint density at radius 2 is 2.20 bits per heavy atom. The first-order valence-corrected chi connectivity index (χ1v) is 7.97. The standard InChI is InChI=1S/C15H15ClN2OS/c16-12-4-2-1-3-10(12)7-8-14(19)18-15-17-13(9-20-15)11-5-6-11/h1-4,9,11H,5-8H2,(H,17,18,19). The first kappa shape index (κ1) is 13.6. The number of carbonyl (C=O) groups is 1. The van der Waals surface area contributed by atoms with E-state index < -0.39 is 0 Å². The number of thiazole rings is 1. The average molecular weight is 307 g/mol. The number of aromatic nitrogens is 1. The molecule has 3 nitrogen and oxygen atoms in total. The van der Waals surface area contributed by atoms with Crippen LogP contribution in [0.5, 0.6) is 0 Å². The zero-order valence-corrected chi connectivity index (χ0v) is 12.5. The lowest BCUT2D eigenvalue weighted by atomic mass is 10.1. The lowest BCUT2D eigenvalue weighted by Crippen LogP contribution is -2.12. The summed E-state index contributed by atoms with van der Waals surface area (Å²) in [5, 5.41) is 6.32. The van der Waals surface area contributed by atoms with Gasteiger partial charge in [-0.2, -0.15) is 0 Å². The van der Waals surface area contributed by atoms with Crippen molar-refractivity contribution in [2.24, 2.45) is 0 Å². The maximum atomic E-state index is 11.9. The number of benzene rings is 1. The van der Waals surface area contributed by atoms with E-state index in [-0.39, 0.29) is 5.91 Å². The molecule has 1 N–H and O–H groups in total. The lowest BCUT2D eigenvalue weighted by Gasteiger charge is -2.04. The third-order valence-corrected chi connectivity index (χ3v) is 4.49. The summed E-state index contributed by atoms with van der Waals surface area (Å²) in [7, 11) is 0. The third kappa shape index (κ3) is 3.38. The van der Waals surface area contributed by atoms with Crippen molar-refractivity contribution in [2.45, 2.75) is 31.6 Å². The molecular formula is C15H15ClN2OS. The van der Waals surface area contributed by atoms with E-state index >= 15 is 0 Å². The van der Waals surface area contributed by atoms with Crippen LogP contribution in [0.1, 0.15) is 36.4 Å². The van der Waals surface area contributed by atoms with Crippen LogP contribution in [0, 0.1) is 0 Å². The van der Waals surface area contributed by atoms with Crippen LogP contribution < -0.4 is 5.32 Å². The van der Waals surface area contributed by atoms with Gasteiger partial charge in [-0.3, -0.25) is 4.79 Å². The van der Waals surface area contributed by atoms with E-state index in [1.54, 1.807) is 0 Å². The Morgan fingerprint density at radius 1 is 1.40 bits per heavy atom. The fourth-order valence-corrected chi connectivity index (χ4v) is 3.08. The Balaban J connectivity index is 1.52. The molecule has 3 rings (SSSR count). The molecule has 0 saturated heterocycles. The van der Waals surface area contributed by atoms with Crippen LogP contribution in [0.4, 0.5) is 5.13 Å². The van der Waals surface area contributed by atoms with Crippen LogP contribution in [0.15, 0.2) is 29.6 Å². The third-order valence-electron chi connectivity index (χ3n) is 3.34. The predicted octanol–water partition coefficient (Wildman–Crippen LogP) is 4.25. The van der Waals surface area contributed by atoms with Gasteiger partial charge in [0.1, 0.15) is 0 Å². The van der Waals surface area contributed by atoms with Crippen LogP contribution in [0.2, 0.25) is 5.02 Å². The second kappa shape index (κ2) is 5.94. The van der Waals surface area contributed by atoms with Gasteiger partial charge >= 0.3 is 0 Å². The summed E-state index contributed by atoms with van der Waals surface area (Å²) in [4.78, 5) is 16.3. The molecule has 0 spiro atoms. The van der Waals surface area contributed by atoms with Crippen molar-refractivity contribution in [1.82, 2.24) is 4.98 Å². The summed E-state index contributed by atoms with van der Waals surface area (Å²) in [5.41, 5.74) is 2.12. The highest BCUT2D eigenvalue weighted by atomic mass is 35.5. The van der Waals surface area contributed by atoms with Crippen LogP contribution in [-0.4, -0.2) is 10.9 Å². The summed E-state index contributed by atoms with van der Waals surface area (Å²) < 4.78 is 0. The molecule has 1 aliphatic rings. The topological polar surface area (TPSA) is 42.0 Å². The average Bonchev–Trinajstić information content (AvgIpc) is 3.19. The number of rotatable bonds is 5. The van der Waals surface area contributed by atoms with Crippen molar-refractivity contribution in [2.75, 3.05) is 5.32 Å². The molecule has 0 unspecified atom stereocenters. The minimum absolute atomic E-state index is 0.0124. The van der Waals surface area contributed by atoms with E-state index in [0.29, 0.717) is 28.9 Å². The molecule has 0 bridgehead atoms. The zero-order chi connectivity index (χ0) is 13.9. The number of nitrogens with zero attached hydrogens (tertiary/aromatic N) is 1. The number of carbonyl (C=O) groups excluding carboxylic acids is 1. The summed E-state index contributed by atoms with van der Waals surface area (Å²) in [6, 6.07) is 7.62. The zero-order valence-electron chi connectivity index (χ0n) is 10.9. The maximum absolute atomic E-state index is 11.9. The van der Waals surface area contributed by atoms with Crippen molar-refractivity contribution in [3.63, 3.8) is 0 Å². The monoisotopic (exact) mass is 306 g/mol. The van der Waals surface area contributed by atoms with Crippen molar-refractivity contribution in [1.29, 1.82) is 0 Å². The Bertz CT molecular complexity index is 622. The second-order valence-corrected chi connectivity index (χ2v) is 6.26. The molecule has 0 radical (unpaired) electrons. The normalized spacial score (nSPS) is 14.2. The molecule has 1 saturated carbocycles. The molecule has 1 heterocycles. The van der Waals surface area contributed by atoms with Crippen molar-refractivity contribution < 1.29 is 4.79 Å². The molecule has 1 amide bonds. The van der Waals surface area contributed by atoms with Gasteiger partial charge in [-0.1, -0.05) is 29.8 Å². The van der Waals surface area contributed by atoms with Crippen LogP contribution in [0.25, 0.3) is 0 Å². The molecule has 0 atom stereocenters. The molecule has 2 aromatic rings. The minimum atomic E-state index is -0.0124. The Hall–Kier alpha value is -1.39. The van der Waals surface area contributed by atoms with E-state index in [0.717, 1.165) is 11.3 Å². The Kier molecular flexibility index (Phi) is 4.03. The number of nitrogens with one attached hydrogen (secondary N) is 1. The lowest BCUT2D eigenvalue weighted by molar-refractivity contribution is -0.116. The number of aryl methyl sites for hydroxylation is 1. The molecule has 1 fully saturated rings. The molecule has 104 valence electrons. The summed E-state index contributed by atoms with van der Waals surface area (Å²) in [6.45, 7) is 0. The SMILES string of the molecule is O=C(CCc1ccccc1Cl)Nc1nc(C2CC2)cs1. The van der Waals surface area contributed by atoms with Crippen molar-refractivity contribution in [3.8, 4) is 0 Å². The fraction of sp³-hybridized carbons (Fsp3) is 0.333. The molecule has 1 aromatic heterocycles. The Labute approximate surface area is 127 Å². The summed E-state index contributed by atoms with van der Waals surface area (Å²) in [6.07, 6.45) is 3.52. The smallest absolute Gasteiger partial charge is 0.226 e. The number of hydrogen-bond donors (Lipinski definition) is 1. The summed E-state index contributed by atoms with van der Waals surface area (Å²) in [5.74, 6) is 0.613. The predicted molar refractivity (Wildman–Crippen MR) is 82.5 cm³/mol. The highest BCUT2D eigenvalue weighted by Gasteiger charge is 2.26. The van der Waals surface area contributed by atoms with Crippen LogP contribution in [0.3, 0.4) is 0 Å². The van der Waals surface area contributed by atoms with Crippen molar-refractivity contribution >= 4 is 34.0 Å². The van der Waals surface area contributed by atoms with Gasteiger partial charge in [-0.25, -0.2) is 4.98 Å². The molecule has 5 heteroatoms. The first-order chi connectivity index (χ1) is 9.72. The molecule has 1 aromatic carbocycles. The highest BCUT2D eigenvalue weighted by Crippen LogP contribution is 2.40. The quantitative estimate of drug-likeness (QED) is 0.897. The molecule has 20 heavy (non-hydrogen) atoms. The molecule has 1 aliphatic carbocycles. The maximum Gasteiger partial charge on any atom is 0.226 e. The van der Waals surface area contributed by atoms with E-state index in [1.807, 2.05) is 29.6 Å². The molecule has 0 aliphatic heterocycles. The van der Waals surface area contributed by atoms with E-state index in [9.17, 15) is 4.79 Å².